The first-order valence-electron chi connectivity index (χ1n) is 9.69. The lowest BCUT2D eigenvalue weighted by Gasteiger charge is -2.18. The minimum atomic E-state index is -0.258. The van der Waals surface area contributed by atoms with Gasteiger partial charge in [0.15, 0.2) is 0 Å². The summed E-state index contributed by atoms with van der Waals surface area (Å²) in [4.78, 5) is 14.7. The molecule has 0 aliphatic heterocycles. The second-order valence-electron chi connectivity index (χ2n) is 6.81. The van der Waals surface area contributed by atoms with Crippen LogP contribution in [-0.2, 0) is 26.1 Å². The Bertz CT molecular complexity index is 1020. The number of hydrogen-bond acceptors (Lipinski definition) is 7. The molecule has 1 aromatic carbocycles. The van der Waals surface area contributed by atoms with Crippen molar-refractivity contribution in [2.45, 2.75) is 33.0 Å². The van der Waals surface area contributed by atoms with Crippen molar-refractivity contribution < 1.29 is 13.6 Å². The van der Waals surface area contributed by atoms with Crippen LogP contribution in [0.2, 0.25) is 0 Å². The molecule has 1 N–H and O–H groups in total. The van der Waals surface area contributed by atoms with Crippen LogP contribution >= 0.6 is 11.3 Å². The van der Waals surface area contributed by atoms with Gasteiger partial charge in [0, 0.05) is 5.69 Å². The highest BCUT2D eigenvalue weighted by Crippen LogP contribution is 2.19. The van der Waals surface area contributed by atoms with Crippen LogP contribution in [0.25, 0.3) is 0 Å². The van der Waals surface area contributed by atoms with Crippen molar-refractivity contribution in [1.82, 2.24) is 15.1 Å². The van der Waals surface area contributed by atoms with Gasteiger partial charge in [0.2, 0.25) is 5.01 Å². The third kappa shape index (κ3) is 5.22. The molecule has 7 nitrogen and oxygen atoms in total. The van der Waals surface area contributed by atoms with Crippen LogP contribution in [0.5, 0.6) is 0 Å². The molecule has 4 aromatic rings. The number of aryl methyl sites for hydroxylation is 1. The van der Waals surface area contributed by atoms with Crippen LogP contribution in [0, 0.1) is 0 Å². The van der Waals surface area contributed by atoms with Gasteiger partial charge in [-0.15, -0.1) is 10.2 Å². The largest absolute Gasteiger partial charge is 0.468 e. The zero-order valence-corrected chi connectivity index (χ0v) is 17.4. The second-order valence-corrected chi connectivity index (χ2v) is 7.87. The fraction of sp³-hybridized carbons (Fsp3) is 0.227. The molecule has 1 amide bonds. The number of carbonyl (C=O) groups excluding carboxylic acids is 1. The summed E-state index contributed by atoms with van der Waals surface area (Å²) in [5, 5.41) is 12.2. The Kier molecular flexibility index (Phi) is 6.36. The molecule has 0 aliphatic carbocycles. The number of furan rings is 2. The maximum absolute atomic E-state index is 12.5. The zero-order chi connectivity index (χ0) is 20.8. The van der Waals surface area contributed by atoms with Crippen LogP contribution in [0.4, 0.5) is 5.69 Å². The molecule has 0 saturated carbocycles. The molecule has 3 aromatic heterocycles. The van der Waals surface area contributed by atoms with Gasteiger partial charge in [0.1, 0.15) is 16.5 Å². The first-order valence-corrected chi connectivity index (χ1v) is 10.5. The molecule has 30 heavy (non-hydrogen) atoms. The van der Waals surface area contributed by atoms with Gasteiger partial charge in [-0.1, -0.05) is 30.4 Å². The van der Waals surface area contributed by atoms with Crippen LogP contribution in [0.15, 0.2) is 69.9 Å². The number of aromatic nitrogens is 2. The predicted octanol–water partition coefficient (Wildman–Crippen LogP) is 4.74. The molecule has 0 saturated heterocycles. The standard InChI is InChI=1S/C22H22N4O3S/c1-2-16-7-9-17(10-8-16)23-21(27)22-25-24-20(30-22)15-26(13-18-5-3-11-28-18)14-19-6-4-12-29-19/h3-12H,2,13-15H2,1H3,(H,23,27). The van der Waals surface area contributed by atoms with E-state index in [-0.39, 0.29) is 5.91 Å². The Morgan fingerprint density at radius 2 is 1.63 bits per heavy atom. The van der Waals surface area contributed by atoms with Gasteiger partial charge in [-0.3, -0.25) is 9.69 Å². The molecular formula is C22H22N4O3S. The third-order valence-corrected chi connectivity index (χ3v) is 5.47. The summed E-state index contributed by atoms with van der Waals surface area (Å²) >= 11 is 1.28. The first-order chi connectivity index (χ1) is 14.7. The average Bonchev–Trinajstić information content (AvgIpc) is 3.52. The molecule has 0 aliphatic rings. The summed E-state index contributed by atoms with van der Waals surface area (Å²) < 4.78 is 11.0. The van der Waals surface area contributed by atoms with Gasteiger partial charge in [0.05, 0.1) is 32.2 Å². The number of nitrogens with one attached hydrogen (secondary N) is 1. The van der Waals surface area contributed by atoms with Crippen molar-refractivity contribution in [1.29, 1.82) is 0 Å². The van der Waals surface area contributed by atoms with Gasteiger partial charge < -0.3 is 14.2 Å². The van der Waals surface area contributed by atoms with E-state index in [9.17, 15) is 4.79 Å². The quantitative estimate of drug-likeness (QED) is 0.419. The average molecular weight is 423 g/mol. The second kappa shape index (κ2) is 9.51. The van der Waals surface area contributed by atoms with Gasteiger partial charge in [-0.05, 0) is 48.4 Å². The maximum Gasteiger partial charge on any atom is 0.286 e. The highest BCUT2D eigenvalue weighted by molar-refractivity contribution is 7.13. The molecule has 0 spiro atoms. The summed E-state index contributed by atoms with van der Waals surface area (Å²) in [6.45, 7) is 3.81. The van der Waals surface area contributed by atoms with E-state index in [1.807, 2.05) is 48.5 Å². The van der Waals surface area contributed by atoms with Crippen molar-refractivity contribution >= 4 is 22.9 Å². The van der Waals surface area contributed by atoms with Crippen molar-refractivity contribution in [3.8, 4) is 0 Å². The number of hydrogen-bond donors (Lipinski definition) is 1. The lowest BCUT2D eigenvalue weighted by atomic mass is 10.1. The Hall–Kier alpha value is -3.23. The van der Waals surface area contributed by atoms with Crippen LogP contribution < -0.4 is 5.32 Å². The fourth-order valence-corrected chi connectivity index (χ4v) is 3.80. The SMILES string of the molecule is CCc1ccc(NC(=O)c2nnc(CN(Cc3ccco3)Cc3ccco3)s2)cc1. The van der Waals surface area contributed by atoms with Gasteiger partial charge in [0.25, 0.3) is 5.91 Å². The van der Waals surface area contributed by atoms with E-state index in [2.05, 4.69) is 27.3 Å². The van der Waals surface area contributed by atoms with Crippen LogP contribution in [0.3, 0.4) is 0 Å². The Balaban J connectivity index is 1.42. The van der Waals surface area contributed by atoms with E-state index in [0.717, 1.165) is 28.6 Å². The third-order valence-electron chi connectivity index (χ3n) is 4.56. The molecule has 0 radical (unpaired) electrons. The summed E-state index contributed by atoms with van der Waals surface area (Å²) in [6.07, 6.45) is 4.27. The lowest BCUT2D eigenvalue weighted by molar-refractivity contribution is 0.102. The fourth-order valence-electron chi connectivity index (χ4n) is 3.02. The number of amides is 1. The lowest BCUT2D eigenvalue weighted by Crippen LogP contribution is -2.21. The zero-order valence-electron chi connectivity index (χ0n) is 16.6. The van der Waals surface area contributed by atoms with Crippen molar-refractivity contribution in [3.63, 3.8) is 0 Å². The van der Waals surface area contributed by atoms with Crippen molar-refractivity contribution in [3.05, 3.63) is 88.2 Å². The van der Waals surface area contributed by atoms with Crippen LogP contribution in [0.1, 0.15) is 38.8 Å². The smallest absolute Gasteiger partial charge is 0.286 e. The van der Waals surface area contributed by atoms with Gasteiger partial charge in [-0.2, -0.15) is 0 Å². The number of carbonyl (C=O) groups is 1. The summed E-state index contributed by atoms with van der Waals surface area (Å²) in [5.74, 6) is 1.44. The van der Waals surface area contributed by atoms with E-state index in [4.69, 9.17) is 8.83 Å². The molecular weight excluding hydrogens is 400 g/mol. The summed E-state index contributed by atoms with van der Waals surface area (Å²) in [5.41, 5.74) is 1.96. The topological polar surface area (TPSA) is 84.4 Å². The normalized spacial score (nSPS) is 11.1. The van der Waals surface area contributed by atoms with E-state index in [1.165, 1.54) is 16.9 Å². The maximum atomic E-state index is 12.5. The highest BCUT2D eigenvalue weighted by atomic mass is 32.1. The van der Waals surface area contributed by atoms with E-state index >= 15 is 0 Å². The predicted molar refractivity (Wildman–Crippen MR) is 114 cm³/mol. The number of rotatable bonds is 9. The highest BCUT2D eigenvalue weighted by Gasteiger charge is 2.17. The molecule has 0 bridgehead atoms. The molecule has 0 atom stereocenters. The molecule has 0 fully saturated rings. The van der Waals surface area contributed by atoms with E-state index in [1.54, 1.807) is 12.5 Å². The summed E-state index contributed by atoms with van der Waals surface area (Å²) in [7, 11) is 0. The Morgan fingerprint density at radius 1 is 0.967 bits per heavy atom. The van der Waals surface area contributed by atoms with Gasteiger partial charge >= 0.3 is 0 Å². The van der Waals surface area contributed by atoms with Crippen molar-refractivity contribution in [2.24, 2.45) is 0 Å². The number of anilines is 1. The first kappa shape index (κ1) is 20.1. The minimum Gasteiger partial charge on any atom is -0.468 e. The van der Waals surface area contributed by atoms with E-state index < -0.39 is 0 Å². The molecule has 154 valence electrons. The van der Waals surface area contributed by atoms with Crippen molar-refractivity contribution in [2.75, 3.05) is 5.32 Å². The molecule has 3 heterocycles. The Morgan fingerprint density at radius 3 is 2.20 bits per heavy atom. The molecule has 4 rings (SSSR count). The monoisotopic (exact) mass is 422 g/mol. The minimum absolute atomic E-state index is 0.258. The number of benzene rings is 1. The molecule has 0 unspecified atom stereocenters. The number of nitrogens with zero attached hydrogens (tertiary/aromatic N) is 3. The van der Waals surface area contributed by atoms with Crippen LogP contribution in [-0.4, -0.2) is 21.0 Å². The molecule has 8 heteroatoms. The Labute approximate surface area is 178 Å². The van der Waals surface area contributed by atoms with Gasteiger partial charge in [-0.25, -0.2) is 0 Å². The summed E-state index contributed by atoms with van der Waals surface area (Å²) in [6, 6.07) is 15.4. The van der Waals surface area contributed by atoms with E-state index in [0.29, 0.717) is 24.6 Å².